The Bertz CT molecular complexity index is 832. The Balaban J connectivity index is 2.04. The third kappa shape index (κ3) is 3.37. The Morgan fingerprint density at radius 1 is 1.17 bits per heavy atom. The lowest BCUT2D eigenvalue weighted by Crippen LogP contribution is -2.02. The molecule has 6 heteroatoms. The van der Waals surface area contributed by atoms with E-state index in [1.807, 2.05) is 47.8 Å². The quantitative estimate of drug-likeness (QED) is 0.411. The van der Waals surface area contributed by atoms with Crippen molar-refractivity contribution < 1.29 is 9.63 Å². The van der Waals surface area contributed by atoms with Crippen LogP contribution in [0.5, 0.6) is 0 Å². The first kappa shape index (κ1) is 15.2. The topological polar surface area (TPSA) is 56.5 Å². The van der Waals surface area contributed by atoms with Gasteiger partial charge in [-0.3, -0.25) is 0 Å². The Morgan fingerprint density at radius 3 is 2.61 bits per heavy atom. The van der Waals surface area contributed by atoms with Gasteiger partial charge in [0.2, 0.25) is 0 Å². The maximum absolute atomic E-state index is 12.3. The van der Waals surface area contributed by atoms with Crippen molar-refractivity contribution in [2.75, 3.05) is 0 Å². The highest BCUT2D eigenvalue weighted by Gasteiger charge is 2.20. The minimum atomic E-state index is -0.517. The van der Waals surface area contributed by atoms with Crippen molar-refractivity contribution >= 4 is 23.0 Å². The summed E-state index contributed by atoms with van der Waals surface area (Å²) in [5.41, 5.74) is 2.53. The number of hydrogen-bond donors (Lipinski definition) is 0. The highest BCUT2D eigenvalue weighted by atomic mass is 32.1. The van der Waals surface area contributed by atoms with E-state index in [2.05, 4.69) is 10.3 Å². The lowest BCUT2D eigenvalue weighted by molar-refractivity contribution is 0.0516. The standard InChI is InChI=1S/C17H15N3O2S/c1-12(2)19-22-17(21)14-11-20(13-7-4-3-5-8-13)18-16(14)15-9-6-10-23-15/h3-11H,1-2H3. The number of rotatable bonds is 4. The van der Waals surface area contributed by atoms with E-state index in [1.165, 1.54) is 11.3 Å². The van der Waals surface area contributed by atoms with E-state index in [4.69, 9.17) is 4.84 Å². The molecule has 116 valence electrons. The lowest BCUT2D eigenvalue weighted by atomic mass is 10.2. The number of hydrogen-bond acceptors (Lipinski definition) is 5. The average molecular weight is 325 g/mol. The summed E-state index contributed by atoms with van der Waals surface area (Å²) in [6, 6.07) is 13.5. The van der Waals surface area contributed by atoms with Crippen molar-refractivity contribution in [2.24, 2.45) is 5.16 Å². The van der Waals surface area contributed by atoms with Crippen LogP contribution in [-0.2, 0) is 4.84 Å². The number of nitrogens with zero attached hydrogens (tertiary/aromatic N) is 3. The average Bonchev–Trinajstić information content (AvgIpc) is 3.22. The van der Waals surface area contributed by atoms with Crippen molar-refractivity contribution in [1.29, 1.82) is 0 Å². The van der Waals surface area contributed by atoms with Crippen molar-refractivity contribution in [3.63, 3.8) is 0 Å². The molecule has 3 aromatic rings. The molecule has 0 aliphatic heterocycles. The van der Waals surface area contributed by atoms with Gasteiger partial charge in [0.15, 0.2) is 0 Å². The van der Waals surface area contributed by atoms with Crippen LogP contribution in [0.2, 0.25) is 0 Å². The maximum atomic E-state index is 12.3. The van der Waals surface area contributed by atoms with Gasteiger partial charge >= 0.3 is 5.97 Å². The molecule has 0 amide bonds. The van der Waals surface area contributed by atoms with Crippen LogP contribution in [0.3, 0.4) is 0 Å². The predicted molar refractivity (Wildman–Crippen MR) is 91.1 cm³/mol. The van der Waals surface area contributed by atoms with E-state index >= 15 is 0 Å². The van der Waals surface area contributed by atoms with Crippen LogP contribution in [-0.4, -0.2) is 21.5 Å². The first-order valence-electron chi connectivity index (χ1n) is 7.06. The fraction of sp³-hybridized carbons (Fsp3) is 0.118. The smallest absolute Gasteiger partial charge is 0.313 e. The number of benzene rings is 1. The third-order valence-corrected chi connectivity index (χ3v) is 3.90. The van der Waals surface area contributed by atoms with E-state index in [-0.39, 0.29) is 0 Å². The molecule has 0 fully saturated rings. The number of thiophene rings is 1. The van der Waals surface area contributed by atoms with Crippen LogP contribution >= 0.6 is 11.3 Å². The second-order valence-corrected chi connectivity index (χ2v) is 6.01. The minimum absolute atomic E-state index is 0.390. The summed E-state index contributed by atoms with van der Waals surface area (Å²) < 4.78 is 1.67. The first-order valence-corrected chi connectivity index (χ1v) is 7.94. The second-order valence-electron chi connectivity index (χ2n) is 5.07. The molecule has 0 spiro atoms. The second kappa shape index (κ2) is 6.58. The normalized spacial score (nSPS) is 10.3. The van der Waals surface area contributed by atoms with Gasteiger partial charge in [0.05, 0.1) is 16.3 Å². The zero-order valence-electron chi connectivity index (χ0n) is 12.8. The number of oxime groups is 1. The molecule has 1 aromatic carbocycles. The van der Waals surface area contributed by atoms with Crippen LogP contribution in [0, 0.1) is 0 Å². The minimum Gasteiger partial charge on any atom is -0.313 e. The van der Waals surface area contributed by atoms with Gasteiger partial charge in [0.25, 0.3) is 0 Å². The lowest BCUT2D eigenvalue weighted by Gasteiger charge is -1.98. The molecule has 0 bridgehead atoms. The predicted octanol–water partition coefficient (Wildman–Crippen LogP) is 4.15. The molecule has 0 saturated heterocycles. The van der Waals surface area contributed by atoms with Crippen molar-refractivity contribution in [2.45, 2.75) is 13.8 Å². The summed E-state index contributed by atoms with van der Waals surface area (Å²) in [5.74, 6) is -0.517. The summed E-state index contributed by atoms with van der Waals surface area (Å²) in [6.07, 6.45) is 1.67. The molecule has 2 heterocycles. The van der Waals surface area contributed by atoms with E-state index in [0.717, 1.165) is 10.6 Å². The number of aromatic nitrogens is 2. The molecule has 0 unspecified atom stereocenters. The fourth-order valence-electron chi connectivity index (χ4n) is 2.01. The molecule has 0 aliphatic carbocycles. The van der Waals surface area contributed by atoms with Gasteiger partial charge in [-0.2, -0.15) is 5.10 Å². The van der Waals surface area contributed by atoms with Gasteiger partial charge in [-0.15, -0.1) is 11.3 Å². The Kier molecular flexibility index (Phi) is 4.34. The maximum Gasteiger partial charge on any atom is 0.369 e. The van der Waals surface area contributed by atoms with Crippen molar-refractivity contribution in [1.82, 2.24) is 9.78 Å². The summed E-state index contributed by atoms with van der Waals surface area (Å²) in [5, 5.41) is 10.2. The van der Waals surface area contributed by atoms with Gasteiger partial charge in [0, 0.05) is 6.20 Å². The summed E-state index contributed by atoms with van der Waals surface area (Å²) >= 11 is 1.52. The Morgan fingerprint density at radius 2 is 1.96 bits per heavy atom. The number of para-hydroxylation sites is 1. The fourth-order valence-corrected chi connectivity index (χ4v) is 2.74. The largest absolute Gasteiger partial charge is 0.369 e. The zero-order valence-corrected chi connectivity index (χ0v) is 13.6. The zero-order chi connectivity index (χ0) is 16.2. The van der Waals surface area contributed by atoms with E-state index in [0.29, 0.717) is 17.0 Å². The van der Waals surface area contributed by atoms with Crippen LogP contribution in [0.1, 0.15) is 24.2 Å². The molecule has 23 heavy (non-hydrogen) atoms. The van der Waals surface area contributed by atoms with Gasteiger partial charge in [-0.05, 0) is 37.4 Å². The summed E-state index contributed by atoms with van der Waals surface area (Å²) in [7, 11) is 0. The highest BCUT2D eigenvalue weighted by Crippen LogP contribution is 2.28. The van der Waals surface area contributed by atoms with Gasteiger partial charge in [-0.25, -0.2) is 9.48 Å². The Labute approximate surface area is 137 Å². The van der Waals surface area contributed by atoms with E-state index in [9.17, 15) is 4.79 Å². The van der Waals surface area contributed by atoms with Crippen LogP contribution in [0.4, 0.5) is 0 Å². The monoisotopic (exact) mass is 325 g/mol. The molecule has 3 rings (SSSR count). The van der Waals surface area contributed by atoms with E-state index in [1.54, 1.807) is 24.7 Å². The molecular weight excluding hydrogens is 310 g/mol. The molecule has 0 atom stereocenters. The first-order chi connectivity index (χ1) is 11.1. The van der Waals surface area contributed by atoms with Crippen LogP contribution < -0.4 is 0 Å². The highest BCUT2D eigenvalue weighted by molar-refractivity contribution is 7.13. The van der Waals surface area contributed by atoms with Crippen molar-refractivity contribution in [3.8, 4) is 16.3 Å². The van der Waals surface area contributed by atoms with Crippen molar-refractivity contribution in [3.05, 3.63) is 59.6 Å². The molecule has 0 N–H and O–H groups in total. The number of carbonyl (C=O) groups is 1. The van der Waals surface area contributed by atoms with Gasteiger partial charge in [0.1, 0.15) is 11.3 Å². The SMILES string of the molecule is CC(C)=NOC(=O)c1cn(-c2ccccc2)nc1-c1cccs1. The van der Waals surface area contributed by atoms with Gasteiger partial charge in [-0.1, -0.05) is 29.4 Å². The van der Waals surface area contributed by atoms with E-state index < -0.39 is 5.97 Å². The molecule has 2 aromatic heterocycles. The molecule has 0 aliphatic rings. The molecule has 0 saturated carbocycles. The summed E-state index contributed by atoms with van der Waals surface area (Å²) in [6.45, 7) is 3.53. The molecular formula is C17H15N3O2S. The number of carbonyl (C=O) groups excluding carboxylic acids is 1. The molecule has 5 nitrogen and oxygen atoms in total. The van der Waals surface area contributed by atoms with Crippen LogP contribution in [0.25, 0.3) is 16.3 Å². The third-order valence-electron chi connectivity index (χ3n) is 3.02. The van der Waals surface area contributed by atoms with Crippen LogP contribution in [0.15, 0.2) is 59.2 Å². The van der Waals surface area contributed by atoms with Gasteiger partial charge < -0.3 is 4.84 Å². The Hall–Kier alpha value is -2.73. The summed E-state index contributed by atoms with van der Waals surface area (Å²) in [4.78, 5) is 18.2. The molecule has 0 radical (unpaired) electrons.